The Labute approximate surface area is 184 Å². The van der Waals surface area contributed by atoms with Crippen molar-refractivity contribution in [3.05, 3.63) is 58.2 Å². The van der Waals surface area contributed by atoms with E-state index in [-0.39, 0.29) is 20.6 Å². The zero-order valence-electron chi connectivity index (χ0n) is 15.7. The predicted octanol–water partition coefficient (Wildman–Crippen LogP) is 3.38. The lowest BCUT2D eigenvalue weighted by Gasteiger charge is -2.30. The average molecular weight is 462 g/mol. The number of nitrogens with one attached hydrogen (secondary N) is 1. The van der Waals surface area contributed by atoms with Gasteiger partial charge < -0.3 is 10.2 Å². The van der Waals surface area contributed by atoms with Crippen molar-refractivity contribution in [3.8, 4) is 6.07 Å². The molecule has 2 heterocycles. The number of fused-ring (bicyclic) bond motifs is 1. The second kappa shape index (κ2) is 8.36. The Morgan fingerprint density at radius 3 is 2.40 bits per heavy atom. The third-order valence-corrected chi connectivity index (χ3v) is 7.45. The molecule has 1 N–H and O–H groups in total. The molecule has 0 bridgehead atoms. The first-order chi connectivity index (χ1) is 14.4. The van der Waals surface area contributed by atoms with E-state index in [2.05, 4.69) is 15.3 Å². The molecule has 0 aliphatic carbocycles. The molecule has 2 aromatic carbocycles. The maximum absolute atomic E-state index is 13.4. The molecule has 1 unspecified atom stereocenters. The molecular formula is C20H17Cl2N5O2S. The number of piperazine rings is 1. The molecule has 1 aliphatic heterocycles. The zero-order valence-corrected chi connectivity index (χ0v) is 18.0. The Kier molecular flexibility index (Phi) is 5.80. The molecular weight excluding hydrogens is 445 g/mol. The van der Waals surface area contributed by atoms with Gasteiger partial charge in [-0.25, -0.2) is 18.4 Å². The van der Waals surface area contributed by atoms with Crippen molar-refractivity contribution in [2.24, 2.45) is 0 Å². The number of sulfone groups is 1. The van der Waals surface area contributed by atoms with E-state index in [1.165, 1.54) is 18.2 Å². The van der Waals surface area contributed by atoms with Crippen molar-refractivity contribution >= 4 is 49.9 Å². The summed E-state index contributed by atoms with van der Waals surface area (Å²) in [5.41, 5.74) is 1.23. The summed E-state index contributed by atoms with van der Waals surface area (Å²) in [5.74, 6) is 0.392. The summed E-state index contributed by atoms with van der Waals surface area (Å²) < 4.78 is 26.9. The van der Waals surface area contributed by atoms with E-state index in [1.807, 2.05) is 23.1 Å². The minimum Gasteiger partial charge on any atom is -0.352 e. The van der Waals surface area contributed by atoms with Crippen LogP contribution >= 0.6 is 23.2 Å². The van der Waals surface area contributed by atoms with Crippen LogP contribution in [-0.2, 0) is 9.84 Å². The van der Waals surface area contributed by atoms with Gasteiger partial charge in [-0.15, -0.1) is 0 Å². The Balaban J connectivity index is 1.93. The predicted molar refractivity (Wildman–Crippen MR) is 117 cm³/mol. The van der Waals surface area contributed by atoms with Crippen LogP contribution in [0.3, 0.4) is 0 Å². The Morgan fingerprint density at radius 2 is 1.73 bits per heavy atom. The van der Waals surface area contributed by atoms with Crippen LogP contribution in [-0.4, -0.2) is 44.6 Å². The van der Waals surface area contributed by atoms with Gasteiger partial charge in [0, 0.05) is 31.2 Å². The average Bonchev–Trinajstić information content (AvgIpc) is 2.76. The standard InChI is InChI=1S/C20H17Cl2N5O2S/c21-13-5-6-14(22)17(11-13)30(28,29)18(12-23)19-20(27-9-7-24-8-10-27)26-16-4-2-1-3-15(16)25-19/h1-6,11,18,24H,7-10H2. The number of hydrogen-bond acceptors (Lipinski definition) is 7. The van der Waals surface area contributed by atoms with Gasteiger partial charge in [0.25, 0.3) is 0 Å². The van der Waals surface area contributed by atoms with Gasteiger partial charge >= 0.3 is 0 Å². The Morgan fingerprint density at radius 1 is 1.07 bits per heavy atom. The van der Waals surface area contributed by atoms with Crippen LogP contribution < -0.4 is 10.2 Å². The van der Waals surface area contributed by atoms with Crippen LogP contribution in [0.2, 0.25) is 10.0 Å². The topological polar surface area (TPSA) is 99.0 Å². The van der Waals surface area contributed by atoms with Crippen molar-refractivity contribution in [1.29, 1.82) is 5.26 Å². The number of benzene rings is 2. The minimum absolute atomic E-state index is 0.00267. The van der Waals surface area contributed by atoms with Crippen LogP contribution in [0.1, 0.15) is 10.9 Å². The minimum atomic E-state index is -4.21. The molecule has 1 atom stereocenters. The first kappa shape index (κ1) is 20.8. The maximum atomic E-state index is 13.4. The third kappa shape index (κ3) is 3.82. The molecule has 4 rings (SSSR count). The highest BCUT2D eigenvalue weighted by atomic mass is 35.5. The molecule has 7 nitrogen and oxygen atoms in total. The molecule has 1 aliphatic rings. The van der Waals surface area contributed by atoms with Crippen molar-refractivity contribution in [1.82, 2.24) is 15.3 Å². The molecule has 154 valence electrons. The SMILES string of the molecule is N#CC(c1nc2ccccc2nc1N1CCNCC1)S(=O)(=O)c1cc(Cl)ccc1Cl. The summed E-state index contributed by atoms with van der Waals surface area (Å²) in [4.78, 5) is 11.0. The van der Waals surface area contributed by atoms with E-state index in [0.717, 1.165) is 13.1 Å². The fraction of sp³-hybridized carbons (Fsp3) is 0.250. The summed E-state index contributed by atoms with van der Waals surface area (Å²) in [7, 11) is -4.21. The maximum Gasteiger partial charge on any atom is 0.202 e. The molecule has 3 aromatic rings. The molecule has 0 radical (unpaired) electrons. The number of aromatic nitrogens is 2. The first-order valence-corrected chi connectivity index (χ1v) is 11.5. The normalized spacial score (nSPS) is 15.7. The highest BCUT2D eigenvalue weighted by molar-refractivity contribution is 7.92. The monoisotopic (exact) mass is 461 g/mol. The number of halogens is 2. The number of nitriles is 1. The summed E-state index contributed by atoms with van der Waals surface area (Å²) >= 11 is 12.1. The van der Waals surface area contributed by atoms with Gasteiger partial charge in [-0.1, -0.05) is 35.3 Å². The highest BCUT2D eigenvalue weighted by Crippen LogP contribution is 2.37. The third-order valence-electron chi connectivity index (χ3n) is 4.87. The van der Waals surface area contributed by atoms with Gasteiger partial charge in [0.15, 0.2) is 11.1 Å². The number of para-hydroxylation sites is 2. The van der Waals surface area contributed by atoms with Gasteiger partial charge in [0.05, 0.1) is 27.0 Å². The lowest BCUT2D eigenvalue weighted by Crippen LogP contribution is -2.44. The molecule has 1 fully saturated rings. The second-order valence-corrected chi connectivity index (χ2v) is 9.63. The summed E-state index contributed by atoms with van der Waals surface area (Å²) in [6.07, 6.45) is 0. The molecule has 1 saturated heterocycles. The molecule has 30 heavy (non-hydrogen) atoms. The van der Waals surface area contributed by atoms with E-state index >= 15 is 0 Å². The van der Waals surface area contributed by atoms with E-state index in [1.54, 1.807) is 12.1 Å². The Bertz CT molecular complexity index is 1250. The lowest BCUT2D eigenvalue weighted by molar-refractivity contribution is 0.579. The first-order valence-electron chi connectivity index (χ1n) is 9.23. The zero-order chi connectivity index (χ0) is 21.3. The molecule has 0 saturated carbocycles. The van der Waals surface area contributed by atoms with E-state index in [9.17, 15) is 13.7 Å². The second-order valence-electron chi connectivity index (χ2n) is 6.79. The fourth-order valence-corrected chi connectivity index (χ4v) is 5.54. The quantitative estimate of drug-likeness (QED) is 0.635. The molecule has 1 aromatic heterocycles. The van der Waals surface area contributed by atoms with E-state index in [4.69, 9.17) is 23.2 Å². The number of nitrogens with zero attached hydrogens (tertiary/aromatic N) is 4. The van der Waals surface area contributed by atoms with Crippen LogP contribution in [0, 0.1) is 11.3 Å². The van der Waals surface area contributed by atoms with E-state index in [0.29, 0.717) is 29.9 Å². The van der Waals surface area contributed by atoms with Crippen LogP contribution in [0.5, 0.6) is 0 Å². The van der Waals surface area contributed by atoms with Gasteiger partial charge in [-0.2, -0.15) is 5.26 Å². The van der Waals surface area contributed by atoms with Gasteiger partial charge in [-0.3, -0.25) is 0 Å². The lowest BCUT2D eigenvalue weighted by atomic mass is 10.2. The van der Waals surface area contributed by atoms with Crippen molar-refractivity contribution < 1.29 is 8.42 Å². The van der Waals surface area contributed by atoms with Crippen LogP contribution in [0.4, 0.5) is 5.82 Å². The van der Waals surface area contributed by atoms with Crippen molar-refractivity contribution in [2.75, 3.05) is 31.1 Å². The number of rotatable bonds is 4. The number of anilines is 1. The number of hydrogen-bond donors (Lipinski definition) is 1. The van der Waals surface area contributed by atoms with Gasteiger partial charge in [-0.05, 0) is 30.3 Å². The van der Waals surface area contributed by atoms with Crippen LogP contribution in [0.15, 0.2) is 47.4 Å². The summed E-state index contributed by atoms with van der Waals surface area (Å²) in [6.45, 7) is 2.68. The van der Waals surface area contributed by atoms with Gasteiger partial charge in [0.1, 0.15) is 5.69 Å². The van der Waals surface area contributed by atoms with Crippen molar-refractivity contribution in [2.45, 2.75) is 10.1 Å². The smallest absolute Gasteiger partial charge is 0.202 e. The Hall–Kier alpha value is -2.44. The molecule has 0 spiro atoms. The van der Waals surface area contributed by atoms with Crippen molar-refractivity contribution in [3.63, 3.8) is 0 Å². The van der Waals surface area contributed by atoms with Crippen LogP contribution in [0.25, 0.3) is 11.0 Å². The molecule has 0 amide bonds. The fourth-order valence-electron chi connectivity index (χ4n) is 3.39. The highest BCUT2D eigenvalue weighted by Gasteiger charge is 2.36. The summed E-state index contributed by atoms with van der Waals surface area (Å²) in [6, 6.07) is 13.2. The van der Waals surface area contributed by atoms with E-state index < -0.39 is 15.1 Å². The summed E-state index contributed by atoms with van der Waals surface area (Å²) in [5, 5.41) is 11.8. The molecule has 10 heteroatoms. The van der Waals surface area contributed by atoms with Gasteiger partial charge in [0.2, 0.25) is 9.84 Å². The largest absolute Gasteiger partial charge is 0.352 e.